The molecule has 0 bridgehead atoms. The van der Waals surface area contributed by atoms with Gasteiger partial charge in [0.1, 0.15) is 12.1 Å². The second-order valence-corrected chi connectivity index (χ2v) is 4.22. The third-order valence-corrected chi connectivity index (χ3v) is 2.83. The first kappa shape index (κ1) is 11.4. The highest BCUT2D eigenvalue weighted by Crippen LogP contribution is 2.14. The lowest BCUT2D eigenvalue weighted by Crippen LogP contribution is -2.15. The van der Waals surface area contributed by atoms with Crippen molar-refractivity contribution in [2.45, 2.75) is 6.42 Å². The van der Waals surface area contributed by atoms with Crippen LogP contribution in [0.3, 0.4) is 0 Å². The van der Waals surface area contributed by atoms with E-state index in [0.717, 1.165) is 16.5 Å². The van der Waals surface area contributed by atoms with Crippen molar-refractivity contribution in [2.75, 3.05) is 5.32 Å². The van der Waals surface area contributed by atoms with E-state index in [-0.39, 0.29) is 5.91 Å². The summed E-state index contributed by atoms with van der Waals surface area (Å²) in [5.41, 5.74) is 1.99. The maximum Gasteiger partial charge on any atom is 0.229 e. The van der Waals surface area contributed by atoms with Gasteiger partial charge in [0, 0.05) is 17.9 Å². The third-order valence-electron chi connectivity index (χ3n) is 2.83. The molecule has 2 heterocycles. The van der Waals surface area contributed by atoms with Crippen LogP contribution in [-0.2, 0) is 11.2 Å². The summed E-state index contributed by atoms with van der Waals surface area (Å²) in [5, 5.41) is 3.87. The van der Waals surface area contributed by atoms with Gasteiger partial charge in [0.25, 0.3) is 0 Å². The van der Waals surface area contributed by atoms with E-state index < -0.39 is 0 Å². The van der Waals surface area contributed by atoms with E-state index in [1.165, 1.54) is 6.33 Å². The molecule has 0 saturated heterocycles. The number of carbonyl (C=O) groups excluding carboxylic acids is 1. The molecule has 19 heavy (non-hydrogen) atoms. The zero-order valence-corrected chi connectivity index (χ0v) is 10.1. The highest BCUT2D eigenvalue weighted by atomic mass is 16.1. The molecular formula is C14H12N4O. The number of nitrogens with zero attached hydrogens (tertiary/aromatic N) is 2. The normalized spacial score (nSPS) is 10.5. The number of aromatic nitrogens is 3. The molecule has 5 nitrogen and oxygen atoms in total. The summed E-state index contributed by atoms with van der Waals surface area (Å²) in [4.78, 5) is 22.8. The van der Waals surface area contributed by atoms with E-state index in [2.05, 4.69) is 20.3 Å². The molecule has 5 heteroatoms. The van der Waals surface area contributed by atoms with Crippen molar-refractivity contribution < 1.29 is 4.79 Å². The average Bonchev–Trinajstić information content (AvgIpc) is 2.87. The van der Waals surface area contributed by atoms with Crippen LogP contribution in [0.4, 0.5) is 5.82 Å². The van der Waals surface area contributed by atoms with Crippen LogP contribution in [0.25, 0.3) is 10.9 Å². The Hall–Kier alpha value is -2.69. The number of hydrogen-bond donors (Lipinski definition) is 2. The molecule has 0 aliphatic carbocycles. The molecule has 0 aliphatic rings. The first-order valence-corrected chi connectivity index (χ1v) is 5.93. The van der Waals surface area contributed by atoms with Crippen molar-refractivity contribution in [1.82, 2.24) is 15.0 Å². The predicted octanol–water partition coefficient (Wildman–Crippen LogP) is 2.14. The zero-order valence-electron chi connectivity index (χ0n) is 10.1. The first-order valence-electron chi connectivity index (χ1n) is 5.93. The maximum atomic E-state index is 11.9. The number of carbonyl (C=O) groups is 1. The largest absolute Gasteiger partial charge is 0.361 e. The topological polar surface area (TPSA) is 70.7 Å². The minimum atomic E-state index is -0.0930. The standard InChI is InChI=1S/C14H12N4O/c19-14(18-13-4-5-15-9-17-13)8-10-1-2-11-3-6-16-12(11)7-10/h1-7,9,16H,8H2,(H,15,17,18,19). The summed E-state index contributed by atoms with van der Waals surface area (Å²) in [6.45, 7) is 0. The number of nitrogens with one attached hydrogen (secondary N) is 2. The molecule has 2 aromatic heterocycles. The van der Waals surface area contributed by atoms with Crippen LogP contribution in [-0.4, -0.2) is 20.9 Å². The number of rotatable bonds is 3. The number of benzene rings is 1. The number of amides is 1. The van der Waals surface area contributed by atoms with Crippen LogP contribution in [0.1, 0.15) is 5.56 Å². The molecule has 1 aromatic carbocycles. The molecule has 0 unspecified atom stereocenters. The van der Waals surface area contributed by atoms with Gasteiger partial charge in [-0.25, -0.2) is 9.97 Å². The minimum Gasteiger partial charge on any atom is -0.361 e. The second kappa shape index (κ2) is 4.89. The van der Waals surface area contributed by atoms with E-state index in [1.807, 2.05) is 30.5 Å². The Labute approximate surface area is 109 Å². The fourth-order valence-corrected chi connectivity index (χ4v) is 1.94. The SMILES string of the molecule is O=C(Cc1ccc2cc[nH]c2c1)Nc1ccncn1. The van der Waals surface area contributed by atoms with Crippen LogP contribution >= 0.6 is 0 Å². The lowest BCUT2D eigenvalue weighted by molar-refractivity contribution is -0.115. The van der Waals surface area contributed by atoms with Crippen LogP contribution in [0.2, 0.25) is 0 Å². The van der Waals surface area contributed by atoms with E-state index in [0.29, 0.717) is 12.2 Å². The summed E-state index contributed by atoms with van der Waals surface area (Å²) in [7, 11) is 0. The van der Waals surface area contributed by atoms with Crippen molar-refractivity contribution in [3.05, 3.63) is 54.6 Å². The monoisotopic (exact) mass is 252 g/mol. The molecule has 1 amide bonds. The Morgan fingerprint density at radius 2 is 2.21 bits per heavy atom. The number of anilines is 1. The Balaban J connectivity index is 1.72. The molecule has 0 spiro atoms. The molecule has 94 valence electrons. The van der Waals surface area contributed by atoms with Gasteiger partial charge in [0.05, 0.1) is 6.42 Å². The molecular weight excluding hydrogens is 240 g/mol. The Bertz CT molecular complexity index is 706. The van der Waals surface area contributed by atoms with Gasteiger partial charge in [-0.3, -0.25) is 4.79 Å². The highest BCUT2D eigenvalue weighted by molar-refractivity contribution is 5.92. The van der Waals surface area contributed by atoms with E-state index in [9.17, 15) is 4.79 Å². The van der Waals surface area contributed by atoms with E-state index in [1.54, 1.807) is 12.3 Å². The molecule has 0 fully saturated rings. The molecule has 0 aliphatic heterocycles. The van der Waals surface area contributed by atoms with Crippen molar-refractivity contribution in [3.8, 4) is 0 Å². The van der Waals surface area contributed by atoms with Gasteiger partial charge in [0.15, 0.2) is 0 Å². The smallest absolute Gasteiger partial charge is 0.229 e. The Kier molecular flexibility index (Phi) is 2.94. The van der Waals surface area contributed by atoms with Crippen LogP contribution in [0, 0.1) is 0 Å². The van der Waals surface area contributed by atoms with Crippen LogP contribution < -0.4 is 5.32 Å². The predicted molar refractivity (Wildman–Crippen MR) is 72.7 cm³/mol. The minimum absolute atomic E-state index is 0.0930. The van der Waals surface area contributed by atoms with Crippen molar-refractivity contribution in [2.24, 2.45) is 0 Å². The van der Waals surface area contributed by atoms with Gasteiger partial charge in [-0.15, -0.1) is 0 Å². The van der Waals surface area contributed by atoms with Crippen LogP contribution in [0.15, 0.2) is 49.1 Å². The summed E-state index contributed by atoms with van der Waals surface area (Å²) >= 11 is 0. The molecule has 2 N–H and O–H groups in total. The Morgan fingerprint density at radius 1 is 1.26 bits per heavy atom. The molecule has 0 radical (unpaired) electrons. The van der Waals surface area contributed by atoms with Gasteiger partial charge in [-0.2, -0.15) is 0 Å². The van der Waals surface area contributed by atoms with E-state index >= 15 is 0 Å². The molecule has 3 rings (SSSR count). The highest BCUT2D eigenvalue weighted by Gasteiger charge is 2.05. The fourth-order valence-electron chi connectivity index (χ4n) is 1.94. The molecule has 0 saturated carbocycles. The third kappa shape index (κ3) is 2.60. The number of H-pyrrole nitrogens is 1. The van der Waals surface area contributed by atoms with Gasteiger partial charge in [0.2, 0.25) is 5.91 Å². The summed E-state index contributed by atoms with van der Waals surface area (Å²) in [6, 6.07) is 9.59. The van der Waals surface area contributed by atoms with Gasteiger partial charge in [-0.05, 0) is 29.1 Å². The van der Waals surface area contributed by atoms with E-state index in [4.69, 9.17) is 0 Å². The lowest BCUT2D eigenvalue weighted by Gasteiger charge is -2.04. The molecule has 3 aromatic rings. The first-order chi connectivity index (χ1) is 9.31. The van der Waals surface area contributed by atoms with Gasteiger partial charge in [-0.1, -0.05) is 12.1 Å². The number of aromatic amines is 1. The van der Waals surface area contributed by atoms with Crippen molar-refractivity contribution in [3.63, 3.8) is 0 Å². The molecule has 0 atom stereocenters. The maximum absolute atomic E-state index is 11.9. The summed E-state index contributed by atoms with van der Waals surface area (Å²) < 4.78 is 0. The summed E-state index contributed by atoms with van der Waals surface area (Å²) in [5.74, 6) is 0.422. The fraction of sp³-hybridized carbons (Fsp3) is 0.0714. The van der Waals surface area contributed by atoms with Gasteiger partial charge < -0.3 is 10.3 Å². The zero-order chi connectivity index (χ0) is 13.1. The van der Waals surface area contributed by atoms with Crippen molar-refractivity contribution in [1.29, 1.82) is 0 Å². The summed E-state index contributed by atoms with van der Waals surface area (Å²) in [6.07, 6.45) is 5.20. The average molecular weight is 252 g/mol. The van der Waals surface area contributed by atoms with Crippen molar-refractivity contribution >= 4 is 22.6 Å². The quantitative estimate of drug-likeness (QED) is 0.750. The van der Waals surface area contributed by atoms with Crippen LogP contribution in [0.5, 0.6) is 0 Å². The Morgan fingerprint density at radius 3 is 3.05 bits per heavy atom. The number of fused-ring (bicyclic) bond motifs is 1. The lowest BCUT2D eigenvalue weighted by atomic mass is 10.1. The van der Waals surface area contributed by atoms with Gasteiger partial charge >= 0.3 is 0 Å². The number of hydrogen-bond acceptors (Lipinski definition) is 3. The second-order valence-electron chi connectivity index (χ2n) is 4.22.